The van der Waals surface area contributed by atoms with Gasteiger partial charge in [0.25, 0.3) is 0 Å². The summed E-state index contributed by atoms with van der Waals surface area (Å²) in [5, 5.41) is 2.79. The van der Waals surface area contributed by atoms with Gasteiger partial charge in [-0.25, -0.2) is 0 Å². The Morgan fingerprint density at radius 1 is 0.625 bits per heavy atom. The second-order valence-corrected chi connectivity index (χ2v) is 4.26. The Kier molecular flexibility index (Phi) is 9.20. The first-order valence-corrected chi connectivity index (χ1v) is 6.32. The number of hydrogen-bond acceptors (Lipinski definition) is 0. The molecule has 0 atom stereocenters. The Bertz CT molecular complexity index is 322. The zero-order chi connectivity index (χ0) is 10.9. The third-order valence-electron chi connectivity index (χ3n) is 1.84. The van der Waals surface area contributed by atoms with Crippen LogP contribution >= 0.6 is 8.58 Å². The van der Waals surface area contributed by atoms with Crippen molar-refractivity contribution in [3.8, 4) is 0 Å². The smallest absolute Gasteiger partial charge is 0 e. The second-order valence-electron chi connectivity index (χ2n) is 2.86. The van der Waals surface area contributed by atoms with Crippen LogP contribution in [0.4, 0.5) is 0 Å². The molecule has 0 radical (unpaired) electrons. The van der Waals surface area contributed by atoms with Crippen LogP contribution < -0.4 is 10.6 Å². The summed E-state index contributed by atoms with van der Waals surface area (Å²) in [4.78, 5) is 0. The fourth-order valence-corrected chi connectivity index (χ4v) is 2.26. The summed E-state index contributed by atoms with van der Waals surface area (Å²) in [6.07, 6.45) is 0. The molecule has 0 aliphatic carbocycles. The van der Waals surface area contributed by atoms with Crippen molar-refractivity contribution < 1.29 is 16.5 Å². The van der Waals surface area contributed by atoms with E-state index in [0.29, 0.717) is 0 Å². The number of rotatable bonds is 2. The topological polar surface area (TPSA) is 0 Å². The average Bonchev–Trinajstić information content (AvgIpc) is 2.34. The number of benzene rings is 2. The van der Waals surface area contributed by atoms with Crippen molar-refractivity contribution >= 4 is 19.2 Å². The van der Waals surface area contributed by atoms with Crippen LogP contribution in [0.5, 0.6) is 0 Å². The molecule has 0 bridgehead atoms. The molecule has 2 heteroatoms. The summed E-state index contributed by atoms with van der Waals surface area (Å²) in [5.74, 6) is 0. The fraction of sp³-hybridized carbons (Fsp3) is 0.143. The van der Waals surface area contributed by atoms with Crippen LogP contribution in [0.25, 0.3) is 0 Å². The van der Waals surface area contributed by atoms with Crippen molar-refractivity contribution in [1.82, 2.24) is 0 Å². The molecule has 2 rings (SSSR count). The third kappa shape index (κ3) is 5.45. The first-order chi connectivity index (χ1) is 7.45. The standard InChI is InChI=1S/C12H11P.C2H6.Ni/c1-3-7-11(8-4-1)13-12-9-5-2-6-10-12;1-2;/h1-10,13H;1-2H3;. The molecule has 0 spiro atoms. The molecule has 2 aromatic rings. The van der Waals surface area contributed by atoms with Gasteiger partial charge in [-0.2, -0.15) is 0 Å². The Morgan fingerprint density at radius 3 is 1.25 bits per heavy atom. The molecular weight excluding hydrogens is 258 g/mol. The molecule has 0 amide bonds. The second kappa shape index (κ2) is 9.58. The van der Waals surface area contributed by atoms with E-state index in [4.69, 9.17) is 0 Å². The Hall–Kier alpha value is -0.636. The molecule has 0 saturated carbocycles. The van der Waals surface area contributed by atoms with Crippen LogP contribution in [-0.4, -0.2) is 0 Å². The van der Waals surface area contributed by atoms with Crippen LogP contribution in [-0.2, 0) is 16.5 Å². The van der Waals surface area contributed by atoms with Gasteiger partial charge in [-0.3, -0.25) is 0 Å². The maximum absolute atomic E-state index is 2.17. The van der Waals surface area contributed by atoms with Crippen LogP contribution in [0, 0.1) is 0 Å². The predicted octanol–water partition coefficient (Wildman–Crippen LogP) is 3.34. The average molecular weight is 275 g/mol. The summed E-state index contributed by atoms with van der Waals surface area (Å²) >= 11 is 0. The van der Waals surface area contributed by atoms with E-state index in [0.717, 1.165) is 8.58 Å². The SMILES string of the molecule is CC.[Ni].c1ccc(Pc2ccccc2)cc1. The molecule has 0 fully saturated rings. The van der Waals surface area contributed by atoms with Gasteiger partial charge in [0.2, 0.25) is 0 Å². The van der Waals surface area contributed by atoms with Crippen LogP contribution in [0.3, 0.4) is 0 Å². The zero-order valence-electron chi connectivity index (χ0n) is 9.59. The third-order valence-corrected chi connectivity index (χ3v) is 3.08. The molecule has 0 aromatic heterocycles. The minimum Gasteiger partial charge on any atom is -0.0683 e. The minimum atomic E-state index is 0. The molecular formula is C14H17NiP. The zero-order valence-corrected chi connectivity index (χ0v) is 11.6. The maximum atomic E-state index is 2.17. The fourth-order valence-electron chi connectivity index (χ4n) is 1.21. The molecule has 16 heavy (non-hydrogen) atoms. The van der Waals surface area contributed by atoms with Gasteiger partial charge in [-0.15, -0.1) is 0 Å². The van der Waals surface area contributed by atoms with Gasteiger partial charge in [-0.05, 0) is 10.6 Å². The van der Waals surface area contributed by atoms with E-state index in [1.54, 1.807) is 0 Å². The largest absolute Gasteiger partial charge is 0.0683 e. The molecule has 0 N–H and O–H groups in total. The normalized spacial score (nSPS) is 8.38. The molecule has 0 aliphatic heterocycles. The van der Waals surface area contributed by atoms with Crippen molar-refractivity contribution in [3.63, 3.8) is 0 Å². The molecule has 0 unspecified atom stereocenters. The quantitative estimate of drug-likeness (QED) is 0.582. The van der Waals surface area contributed by atoms with Gasteiger partial charge in [-0.1, -0.05) is 83.1 Å². The van der Waals surface area contributed by atoms with Gasteiger partial charge in [0.05, 0.1) is 0 Å². The van der Waals surface area contributed by atoms with Crippen molar-refractivity contribution in [1.29, 1.82) is 0 Å². The van der Waals surface area contributed by atoms with E-state index in [-0.39, 0.29) is 16.5 Å². The summed E-state index contributed by atoms with van der Waals surface area (Å²) in [6.45, 7) is 4.00. The summed E-state index contributed by atoms with van der Waals surface area (Å²) in [6, 6.07) is 21.2. The minimum absolute atomic E-state index is 0. The first kappa shape index (κ1) is 15.4. The molecule has 88 valence electrons. The van der Waals surface area contributed by atoms with Gasteiger partial charge in [0, 0.05) is 16.5 Å². The molecule has 0 nitrogen and oxygen atoms in total. The first-order valence-electron chi connectivity index (χ1n) is 5.32. The summed E-state index contributed by atoms with van der Waals surface area (Å²) in [5.41, 5.74) is 0. The Balaban J connectivity index is 0.000000711. The van der Waals surface area contributed by atoms with Gasteiger partial charge >= 0.3 is 0 Å². The predicted molar refractivity (Wildman–Crippen MR) is 71.8 cm³/mol. The molecule has 0 heterocycles. The van der Waals surface area contributed by atoms with Gasteiger partial charge in [0.15, 0.2) is 0 Å². The van der Waals surface area contributed by atoms with E-state index in [1.807, 2.05) is 13.8 Å². The number of hydrogen-bond donors (Lipinski definition) is 0. The van der Waals surface area contributed by atoms with Gasteiger partial charge in [0.1, 0.15) is 0 Å². The Labute approximate surface area is 110 Å². The van der Waals surface area contributed by atoms with E-state index < -0.39 is 0 Å². The molecule has 0 saturated heterocycles. The molecule has 2 aromatic carbocycles. The van der Waals surface area contributed by atoms with E-state index in [1.165, 1.54) is 10.6 Å². The van der Waals surface area contributed by atoms with E-state index in [9.17, 15) is 0 Å². The van der Waals surface area contributed by atoms with Crippen molar-refractivity contribution in [2.24, 2.45) is 0 Å². The monoisotopic (exact) mass is 274 g/mol. The van der Waals surface area contributed by atoms with Crippen molar-refractivity contribution in [2.45, 2.75) is 13.8 Å². The van der Waals surface area contributed by atoms with Crippen molar-refractivity contribution in [2.75, 3.05) is 0 Å². The van der Waals surface area contributed by atoms with Crippen LogP contribution in [0.2, 0.25) is 0 Å². The maximum Gasteiger partial charge on any atom is 0 e. The summed E-state index contributed by atoms with van der Waals surface area (Å²) < 4.78 is 0. The van der Waals surface area contributed by atoms with E-state index in [2.05, 4.69) is 60.7 Å². The summed E-state index contributed by atoms with van der Waals surface area (Å²) in [7, 11) is 0.777. The van der Waals surface area contributed by atoms with E-state index >= 15 is 0 Å². The molecule has 0 aliphatic rings. The van der Waals surface area contributed by atoms with Gasteiger partial charge < -0.3 is 0 Å². The van der Waals surface area contributed by atoms with Crippen LogP contribution in [0.15, 0.2) is 60.7 Å². The van der Waals surface area contributed by atoms with Crippen molar-refractivity contribution in [3.05, 3.63) is 60.7 Å². The Morgan fingerprint density at radius 2 is 0.938 bits per heavy atom. The van der Waals surface area contributed by atoms with Crippen LogP contribution in [0.1, 0.15) is 13.8 Å².